The first-order chi connectivity index (χ1) is 9.22. The van der Waals surface area contributed by atoms with Crippen molar-refractivity contribution >= 4 is 0 Å². The van der Waals surface area contributed by atoms with Gasteiger partial charge in [-0.1, -0.05) is 19.4 Å². The Morgan fingerprint density at radius 2 is 2.05 bits per heavy atom. The number of ether oxygens (including phenoxy) is 2. The van der Waals surface area contributed by atoms with Crippen molar-refractivity contribution in [2.75, 3.05) is 20.3 Å². The third-order valence-corrected chi connectivity index (χ3v) is 3.04. The van der Waals surface area contributed by atoms with E-state index in [1.807, 2.05) is 18.2 Å². The molecule has 4 nitrogen and oxygen atoms in total. The number of benzene rings is 1. The molecule has 0 aliphatic carbocycles. The summed E-state index contributed by atoms with van der Waals surface area (Å²) in [6.45, 7) is 3.00. The van der Waals surface area contributed by atoms with Gasteiger partial charge in [-0.3, -0.25) is 0 Å². The van der Waals surface area contributed by atoms with E-state index in [1.165, 1.54) is 0 Å². The molecule has 1 rings (SSSR count). The number of aliphatic hydroxyl groups is 1. The number of rotatable bonds is 9. The van der Waals surface area contributed by atoms with Crippen LogP contribution in [-0.2, 0) is 0 Å². The zero-order valence-electron chi connectivity index (χ0n) is 11.9. The Morgan fingerprint density at radius 1 is 1.26 bits per heavy atom. The van der Waals surface area contributed by atoms with E-state index in [4.69, 9.17) is 20.3 Å². The Balaban J connectivity index is 2.71. The molecule has 0 fully saturated rings. The van der Waals surface area contributed by atoms with Crippen LogP contribution in [0.3, 0.4) is 0 Å². The minimum atomic E-state index is -0.0780. The lowest BCUT2D eigenvalue weighted by atomic mass is 10.0. The lowest BCUT2D eigenvalue weighted by Gasteiger charge is -2.15. The van der Waals surface area contributed by atoms with Crippen molar-refractivity contribution in [1.29, 1.82) is 0 Å². The highest BCUT2D eigenvalue weighted by atomic mass is 16.5. The third kappa shape index (κ3) is 5.09. The summed E-state index contributed by atoms with van der Waals surface area (Å²) in [4.78, 5) is 0. The van der Waals surface area contributed by atoms with Crippen LogP contribution in [0.25, 0.3) is 0 Å². The van der Waals surface area contributed by atoms with Crippen LogP contribution >= 0.6 is 0 Å². The van der Waals surface area contributed by atoms with Crippen LogP contribution in [0.2, 0.25) is 0 Å². The highest BCUT2D eigenvalue weighted by Gasteiger charge is 2.10. The normalized spacial score (nSPS) is 12.2. The summed E-state index contributed by atoms with van der Waals surface area (Å²) >= 11 is 0. The van der Waals surface area contributed by atoms with E-state index in [0.717, 1.165) is 30.6 Å². The molecule has 0 saturated heterocycles. The van der Waals surface area contributed by atoms with Gasteiger partial charge in [-0.25, -0.2) is 0 Å². The number of hydrogen-bond acceptors (Lipinski definition) is 4. The molecule has 0 aliphatic heterocycles. The molecule has 1 aromatic carbocycles. The van der Waals surface area contributed by atoms with Crippen LogP contribution in [0, 0.1) is 0 Å². The maximum absolute atomic E-state index is 8.83. The van der Waals surface area contributed by atoms with Gasteiger partial charge in [-0.2, -0.15) is 0 Å². The number of nitrogens with two attached hydrogens (primary N) is 1. The first-order valence-corrected chi connectivity index (χ1v) is 6.90. The van der Waals surface area contributed by atoms with Gasteiger partial charge in [0.2, 0.25) is 0 Å². The number of aliphatic hydroxyl groups excluding tert-OH is 1. The molecule has 0 bridgehead atoms. The SMILES string of the molecule is CCCCOc1ccc(C(N)CCCO)cc1OC. The second-order valence-corrected chi connectivity index (χ2v) is 4.58. The van der Waals surface area contributed by atoms with Crippen molar-refractivity contribution in [2.24, 2.45) is 5.73 Å². The maximum Gasteiger partial charge on any atom is 0.161 e. The first-order valence-electron chi connectivity index (χ1n) is 6.90. The van der Waals surface area contributed by atoms with E-state index < -0.39 is 0 Å². The van der Waals surface area contributed by atoms with E-state index in [0.29, 0.717) is 18.8 Å². The van der Waals surface area contributed by atoms with Gasteiger partial charge in [-0.05, 0) is 37.0 Å². The molecule has 1 aromatic rings. The summed E-state index contributed by atoms with van der Waals surface area (Å²) in [5.74, 6) is 1.47. The molecule has 0 heterocycles. The summed E-state index contributed by atoms with van der Waals surface area (Å²) < 4.78 is 11.0. The zero-order chi connectivity index (χ0) is 14.1. The van der Waals surface area contributed by atoms with Gasteiger partial charge in [0.25, 0.3) is 0 Å². The number of methoxy groups -OCH3 is 1. The topological polar surface area (TPSA) is 64.7 Å². The molecule has 1 unspecified atom stereocenters. The summed E-state index contributed by atoms with van der Waals surface area (Å²) in [6.07, 6.45) is 3.60. The molecule has 0 spiro atoms. The summed E-state index contributed by atoms with van der Waals surface area (Å²) in [7, 11) is 1.63. The molecule has 0 radical (unpaired) electrons. The highest BCUT2D eigenvalue weighted by Crippen LogP contribution is 2.31. The molecule has 19 heavy (non-hydrogen) atoms. The number of unbranched alkanes of at least 4 members (excludes halogenated alkanes) is 1. The fourth-order valence-corrected chi connectivity index (χ4v) is 1.84. The van der Waals surface area contributed by atoms with Gasteiger partial charge in [0, 0.05) is 12.6 Å². The van der Waals surface area contributed by atoms with Crippen LogP contribution in [0.15, 0.2) is 18.2 Å². The van der Waals surface area contributed by atoms with Crippen LogP contribution in [0.4, 0.5) is 0 Å². The minimum Gasteiger partial charge on any atom is -0.493 e. The third-order valence-electron chi connectivity index (χ3n) is 3.04. The second kappa shape index (κ2) is 8.77. The molecule has 0 saturated carbocycles. The summed E-state index contributed by atoms with van der Waals surface area (Å²) in [5.41, 5.74) is 7.08. The molecule has 4 heteroatoms. The van der Waals surface area contributed by atoms with Crippen molar-refractivity contribution < 1.29 is 14.6 Å². The average Bonchev–Trinajstić information content (AvgIpc) is 2.45. The minimum absolute atomic E-state index is 0.0780. The fraction of sp³-hybridized carbons (Fsp3) is 0.600. The quantitative estimate of drug-likeness (QED) is 0.675. The van der Waals surface area contributed by atoms with Crippen LogP contribution in [-0.4, -0.2) is 25.4 Å². The second-order valence-electron chi connectivity index (χ2n) is 4.58. The standard InChI is InChI=1S/C15H25NO3/c1-3-4-10-19-14-8-7-12(11-15(14)18-2)13(16)6-5-9-17/h7-8,11,13,17H,3-6,9-10,16H2,1-2H3. The molecule has 3 N–H and O–H groups in total. The lowest BCUT2D eigenvalue weighted by Crippen LogP contribution is -2.11. The van der Waals surface area contributed by atoms with Crippen LogP contribution in [0.1, 0.15) is 44.2 Å². The Kier molecular flexibility index (Phi) is 7.30. The predicted molar refractivity (Wildman–Crippen MR) is 76.6 cm³/mol. The Morgan fingerprint density at radius 3 is 2.68 bits per heavy atom. The molecule has 1 atom stereocenters. The number of hydrogen-bond donors (Lipinski definition) is 2. The van der Waals surface area contributed by atoms with E-state index >= 15 is 0 Å². The average molecular weight is 267 g/mol. The van der Waals surface area contributed by atoms with Crippen molar-refractivity contribution in [3.05, 3.63) is 23.8 Å². The summed E-state index contributed by atoms with van der Waals surface area (Å²) in [5, 5.41) is 8.83. The largest absolute Gasteiger partial charge is 0.493 e. The summed E-state index contributed by atoms with van der Waals surface area (Å²) in [6, 6.07) is 5.71. The van der Waals surface area contributed by atoms with E-state index in [9.17, 15) is 0 Å². The maximum atomic E-state index is 8.83. The Labute approximate surface area is 115 Å². The van der Waals surface area contributed by atoms with Gasteiger partial charge in [0.05, 0.1) is 13.7 Å². The van der Waals surface area contributed by atoms with E-state index in [2.05, 4.69) is 6.92 Å². The first kappa shape index (κ1) is 15.8. The Hall–Kier alpha value is -1.26. The molecule has 108 valence electrons. The predicted octanol–water partition coefficient (Wildman–Crippen LogP) is 2.65. The molecular weight excluding hydrogens is 242 g/mol. The highest BCUT2D eigenvalue weighted by molar-refractivity contribution is 5.43. The van der Waals surface area contributed by atoms with E-state index in [1.54, 1.807) is 7.11 Å². The van der Waals surface area contributed by atoms with Crippen molar-refractivity contribution in [3.8, 4) is 11.5 Å². The smallest absolute Gasteiger partial charge is 0.161 e. The van der Waals surface area contributed by atoms with Crippen molar-refractivity contribution in [1.82, 2.24) is 0 Å². The van der Waals surface area contributed by atoms with Gasteiger partial charge < -0.3 is 20.3 Å². The van der Waals surface area contributed by atoms with Gasteiger partial charge >= 0.3 is 0 Å². The van der Waals surface area contributed by atoms with Gasteiger partial charge in [-0.15, -0.1) is 0 Å². The van der Waals surface area contributed by atoms with Gasteiger partial charge in [0.1, 0.15) is 0 Å². The van der Waals surface area contributed by atoms with Crippen molar-refractivity contribution in [2.45, 2.75) is 38.6 Å². The molecule has 0 amide bonds. The molecular formula is C15H25NO3. The van der Waals surface area contributed by atoms with Crippen LogP contribution in [0.5, 0.6) is 11.5 Å². The lowest BCUT2D eigenvalue weighted by molar-refractivity contribution is 0.279. The van der Waals surface area contributed by atoms with Crippen LogP contribution < -0.4 is 15.2 Å². The van der Waals surface area contributed by atoms with E-state index in [-0.39, 0.29) is 12.6 Å². The fourth-order valence-electron chi connectivity index (χ4n) is 1.84. The molecule has 0 aliphatic rings. The van der Waals surface area contributed by atoms with Crippen molar-refractivity contribution in [3.63, 3.8) is 0 Å². The Bertz CT molecular complexity index is 368. The zero-order valence-corrected chi connectivity index (χ0v) is 11.9. The molecule has 0 aromatic heterocycles. The van der Waals surface area contributed by atoms with Gasteiger partial charge in [0.15, 0.2) is 11.5 Å². The monoisotopic (exact) mass is 267 g/mol.